The second kappa shape index (κ2) is 6.52. The van der Waals surface area contributed by atoms with E-state index in [9.17, 15) is 4.79 Å². The van der Waals surface area contributed by atoms with Gasteiger partial charge in [-0.3, -0.25) is 4.79 Å². The zero-order valence-corrected chi connectivity index (χ0v) is 12.8. The quantitative estimate of drug-likeness (QED) is 0.879. The first-order valence-corrected chi connectivity index (χ1v) is 7.55. The lowest BCUT2D eigenvalue weighted by atomic mass is 10.1. The number of hydrogen-bond acceptors (Lipinski definition) is 4. The normalized spacial score (nSPS) is 11.9. The minimum Gasteiger partial charge on any atom is -0.355 e. The van der Waals surface area contributed by atoms with Gasteiger partial charge in [0.1, 0.15) is 0 Å². The fourth-order valence-electron chi connectivity index (χ4n) is 1.89. The summed E-state index contributed by atoms with van der Waals surface area (Å²) in [5.74, 6) is -0.0599. The smallest absolute Gasteiger partial charge is 0.221 e. The molecule has 1 aromatic heterocycles. The number of rotatable bonds is 5. The number of amides is 1. The maximum Gasteiger partial charge on any atom is 0.221 e. The first kappa shape index (κ1) is 14.5. The van der Waals surface area contributed by atoms with Gasteiger partial charge in [-0.25, -0.2) is 4.98 Å². The van der Waals surface area contributed by atoms with E-state index in [1.54, 1.807) is 11.3 Å². The van der Waals surface area contributed by atoms with Crippen molar-refractivity contribution in [1.82, 2.24) is 4.98 Å². The van der Waals surface area contributed by atoms with Gasteiger partial charge < -0.3 is 10.6 Å². The number of nitrogens with zero attached hydrogens (tertiary/aromatic N) is 1. The van der Waals surface area contributed by atoms with Crippen molar-refractivity contribution in [3.8, 4) is 0 Å². The zero-order chi connectivity index (χ0) is 14.5. The standard InChI is InChI=1S/C15H19N3OS/c1-4-13-9-20-15(18-13)16-10(2)12-6-5-7-14(8-12)17-11(3)19/h5-10H,4H2,1-3H3,(H,16,18)(H,17,19). The maximum atomic E-state index is 11.1. The van der Waals surface area contributed by atoms with Gasteiger partial charge in [0.2, 0.25) is 5.91 Å². The molecule has 4 nitrogen and oxygen atoms in total. The van der Waals surface area contributed by atoms with Crippen LogP contribution in [-0.4, -0.2) is 10.9 Å². The van der Waals surface area contributed by atoms with Crippen molar-refractivity contribution in [3.05, 3.63) is 40.9 Å². The molecule has 1 amide bonds. The van der Waals surface area contributed by atoms with E-state index in [2.05, 4.69) is 34.8 Å². The summed E-state index contributed by atoms with van der Waals surface area (Å²) in [4.78, 5) is 15.6. The van der Waals surface area contributed by atoms with Crippen LogP contribution in [0.3, 0.4) is 0 Å². The zero-order valence-electron chi connectivity index (χ0n) is 11.9. The third-order valence-corrected chi connectivity index (χ3v) is 3.78. The Labute approximate surface area is 123 Å². The Kier molecular flexibility index (Phi) is 4.74. The third kappa shape index (κ3) is 3.81. The van der Waals surface area contributed by atoms with Gasteiger partial charge >= 0.3 is 0 Å². The number of nitrogens with one attached hydrogen (secondary N) is 2. The molecular formula is C15H19N3OS. The Morgan fingerprint density at radius 2 is 2.25 bits per heavy atom. The van der Waals surface area contributed by atoms with Gasteiger partial charge in [-0.15, -0.1) is 11.3 Å². The van der Waals surface area contributed by atoms with E-state index in [4.69, 9.17) is 0 Å². The number of carbonyl (C=O) groups is 1. The Balaban J connectivity index is 2.08. The minimum atomic E-state index is -0.0599. The summed E-state index contributed by atoms with van der Waals surface area (Å²) in [7, 11) is 0. The predicted molar refractivity (Wildman–Crippen MR) is 84.3 cm³/mol. The summed E-state index contributed by atoms with van der Waals surface area (Å²) in [6, 6.07) is 7.98. The topological polar surface area (TPSA) is 54.0 Å². The second-order valence-corrected chi connectivity index (χ2v) is 5.53. The van der Waals surface area contributed by atoms with Gasteiger partial charge in [-0.1, -0.05) is 19.1 Å². The minimum absolute atomic E-state index is 0.0599. The van der Waals surface area contributed by atoms with Gasteiger partial charge in [0, 0.05) is 18.0 Å². The summed E-state index contributed by atoms with van der Waals surface area (Å²) in [5, 5.41) is 9.19. The van der Waals surface area contributed by atoms with Crippen molar-refractivity contribution in [3.63, 3.8) is 0 Å². The molecule has 106 valence electrons. The van der Waals surface area contributed by atoms with Crippen LogP contribution < -0.4 is 10.6 Å². The van der Waals surface area contributed by atoms with Crippen molar-refractivity contribution in [2.24, 2.45) is 0 Å². The van der Waals surface area contributed by atoms with E-state index in [0.29, 0.717) is 0 Å². The lowest BCUT2D eigenvalue weighted by molar-refractivity contribution is -0.114. The highest BCUT2D eigenvalue weighted by Crippen LogP contribution is 2.24. The second-order valence-electron chi connectivity index (χ2n) is 4.67. The van der Waals surface area contributed by atoms with E-state index in [-0.39, 0.29) is 11.9 Å². The van der Waals surface area contributed by atoms with Crippen molar-refractivity contribution < 1.29 is 4.79 Å². The largest absolute Gasteiger partial charge is 0.355 e. The summed E-state index contributed by atoms with van der Waals surface area (Å²) < 4.78 is 0. The van der Waals surface area contributed by atoms with Crippen LogP contribution in [-0.2, 0) is 11.2 Å². The lowest BCUT2D eigenvalue weighted by Crippen LogP contribution is -2.09. The molecule has 0 bridgehead atoms. The molecule has 0 saturated carbocycles. The highest BCUT2D eigenvalue weighted by molar-refractivity contribution is 7.13. The van der Waals surface area contributed by atoms with Crippen LogP contribution in [0.1, 0.15) is 38.1 Å². The molecule has 2 aromatic rings. The van der Waals surface area contributed by atoms with Crippen LogP contribution in [0.4, 0.5) is 10.8 Å². The Bertz CT molecular complexity index is 594. The summed E-state index contributed by atoms with van der Waals surface area (Å²) >= 11 is 1.62. The van der Waals surface area contributed by atoms with Gasteiger partial charge in [-0.05, 0) is 31.0 Å². The van der Waals surface area contributed by atoms with E-state index in [0.717, 1.165) is 28.5 Å². The molecule has 5 heteroatoms. The third-order valence-electron chi connectivity index (χ3n) is 2.96. The van der Waals surface area contributed by atoms with Gasteiger partial charge in [0.05, 0.1) is 11.7 Å². The monoisotopic (exact) mass is 289 g/mol. The van der Waals surface area contributed by atoms with E-state index >= 15 is 0 Å². The molecule has 0 radical (unpaired) electrons. The van der Waals surface area contributed by atoms with Crippen molar-refractivity contribution in [1.29, 1.82) is 0 Å². The average Bonchev–Trinajstić information content (AvgIpc) is 2.86. The molecule has 0 aliphatic rings. The molecule has 20 heavy (non-hydrogen) atoms. The molecule has 0 spiro atoms. The first-order valence-electron chi connectivity index (χ1n) is 6.67. The fourth-order valence-corrected chi connectivity index (χ4v) is 2.78. The molecule has 0 aliphatic carbocycles. The summed E-state index contributed by atoms with van der Waals surface area (Å²) in [6.07, 6.45) is 0.949. The van der Waals surface area contributed by atoms with Crippen LogP contribution in [0, 0.1) is 0 Å². The number of aromatic nitrogens is 1. The number of thiazole rings is 1. The highest BCUT2D eigenvalue weighted by atomic mass is 32.1. The molecule has 0 fully saturated rings. The SMILES string of the molecule is CCc1csc(NC(C)c2cccc(NC(C)=O)c2)n1. The van der Waals surface area contributed by atoms with Crippen molar-refractivity contribution in [2.75, 3.05) is 10.6 Å². The van der Waals surface area contributed by atoms with Gasteiger partial charge in [0.25, 0.3) is 0 Å². The maximum absolute atomic E-state index is 11.1. The number of benzene rings is 1. The van der Waals surface area contributed by atoms with E-state index in [1.165, 1.54) is 6.92 Å². The summed E-state index contributed by atoms with van der Waals surface area (Å²) in [6.45, 7) is 5.69. The van der Waals surface area contributed by atoms with E-state index < -0.39 is 0 Å². The fraction of sp³-hybridized carbons (Fsp3) is 0.333. The van der Waals surface area contributed by atoms with Crippen LogP contribution in [0.2, 0.25) is 0 Å². The van der Waals surface area contributed by atoms with Crippen LogP contribution in [0.5, 0.6) is 0 Å². The highest BCUT2D eigenvalue weighted by Gasteiger charge is 2.09. The molecule has 0 saturated heterocycles. The Morgan fingerprint density at radius 3 is 2.90 bits per heavy atom. The Morgan fingerprint density at radius 1 is 1.45 bits per heavy atom. The molecular weight excluding hydrogens is 270 g/mol. The van der Waals surface area contributed by atoms with E-state index in [1.807, 2.05) is 24.3 Å². The molecule has 2 N–H and O–H groups in total. The lowest BCUT2D eigenvalue weighted by Gasteiger charge is -2.14. The number of anilines is 2. The number of hydrogen-bond donors (Lipinski definition) is 2. The average molecular weight is 289 g/mol. The Hall–Kier alpha value is -1.88. The van der Waals surface area contributed by atoms with Crippen LogP contribution in [0.15, 0.2) is 29.6 Å². The van der Waals surface area contributed by atoms with Gasteiger partial charge in [0.15, 0.2) is 5.13 Å². The van der Waals surface area contributed by atoms with Gasteiger partial charge in [-0.2, -0.15) is 0 Å². The molecule has 1 aromatic carbocycles. The molecule has 2 rings (SSSR count). The van der Waals surface area contributed by atoms with Crippen LogP contribution in [0.25, 0.3) is 0 Å². The molecule has 1 heterocycles. The number of carbonyl (C=O) groups excluding carboxylic acids is 1. The number of aryl methyl sites for hydroxylation is 1. The molecule has 1 unspecified atom stereocenters. The molecule has 1 atom stereocenters. The van der Waals surface area contributed by atoms with Crippen molar-refractivity contribution >= 4 is 28.1 Å². The predicted octanol–water partition coefficient (Wildman–Crippen LogP) is 3.84. The van der Waals surface area contributed by atoms with Crippen LogP contribution >= 0.6 is 11.3 Å². The van der Waals surface area contributed by atoms with Crippen molar-refractivity contribution in [2.45, 2.75) is 33.2 Å². The summed E-state index contributed by atoms with van der Waals surface area (Å²) in [5.41, 5.74) is 3.04. The molecule has 0 aliphatic heterocycles. The first-order chi connectivity index (χ1) is 9.58.